The lowest BCUT2D eigenvalue weighted by atomic mass is 9.80. The first-order chi connectivity index (χ1) is 12.8. The topological polar surface area (TPSA) is 76.8 Å². The number of ketones is 1. The number of amides is 1. The number of rotatable bonds is 1. The Bertz CT molecular complexity index is 1010. The molecule has 4 rings (SSSR count). The second-order valence-corrected chi connectivity index (χ2v) is 7.61. The number of Topliss-reactive ketones (excluding diaryl/α,β-unsaturated/α-hetero) is 1. The van der Waals surface area contributed by atoms with E-state index in [0.29, 0.717) is 55.7 Å². The third-order valence-electron chi connectivity index (χ3n) is 5.85. The van der Waals surface area contributed by atoms with Crippen LogP contribution in [-0.2, 0) is 11.2 Å². The molecular weight excluding hydrogens is 346 g/mol. The van der Waals surface area contributed by atoms with Gasteiger partial charge in [-0.3, -0.25) is 9.59 Å². The molecule has 0 radical (unpaired) electrons. The Kier molecular flexibility index (Phi) is 4.09. The van der Waals surface area contributed by atoms with Crippen molar-refractivity contribution in [3.8, 4) is 5.75 Å². The molecule has 2 aromatic rings. The largest absolute Gasteiger partial charge is 0.485 e. The molecule has 1 spiro atoms. The summed E-state index contributed by atoms with van der Waals surface area (Å²) >= 11 is 0. The van der Waals surface area contributed by atoms with Crippen molar-refractivity contribution in [3.05, 3.63) is 39.2 Å². The number of fused-ring (bicyclic) bond motifs is 3. The van der Waals surface area contributed by atoms with Gasteiger partial charge in [0.25, 0.3) is 0 Å². The molecule has 6 nitrogen and oxygen atoms in total. The number of carbonyl (C=O) groups excluding carboxylic acids is 2. The van der Waals surface area contributed by atoms with Crippen LogP contribution in [0.25, 0.3) is 11.0 Å². The van der Waals surface area contributed by atoms with Crippen LogP contribution < -0.4 is 10.4 Å². The van der Waals surface area contributed by atoms with Gasteiger partial charge in [0.2, 0.25) is 5.91 Å². The fraction of sp³-hybridized carbons (Fsp3) is 0.476. The molecule has 0 unspecified atom stereocenters. The van der Waals surface area contributed by atoms with Gasteiger partial charge in [-0.2, -0.15) is 0 Å². The van der Waals surface area contributed by atoms with Gasteiger partial charge in [0.1, 0.15) is 16.9 Å². The van der Waals surface area contributed by atoms with Crippen LogP contribution in [-0.4, -0.2) is 35.3 Å². The molecule has 6 heteroatoms. The smallest absolute Gasteiger partial charge is 0.336 e. The summed E-state index contributed by atoms with van der Waals surface area (Å²) in [6.07, 6.45) is 2.19. The van der Waals surface area contributed by atoms with Gasteiger partial charge in [0, 0.05) is 38.9 Å². The molecule has 1 amide bonds. The van der Waals surface area contributed by atoms with Crippen molar-refractivity contribution in [2.45, 2.75) is 52.1 Å². The van der Waals surface area contributed by atoms with Crippen LogP contribution in [0.2, 0.25) is 0 Å². The predicted octanol–water partition coefficient (Wildman–Crippen LogP) is 3.01. The minimum atomic E-state index is -0.599. The summed E-state index contributed by atoms with van der Waals surface area (Å²) < 4.78 is 11.9. The Labute approximate surface area is 157 Å². The monoisotopic (exact) mass is 369 g/mol. The number of piperidine rings is 1. The normalized spacial score (nSPS) is 18.5. The average Bonchev–Trinajstić information content (AvgIpc) is 2.60. The minimum Gasteiger partial charge on any atom is -0.485 e. The van der Waals surface area contributed by atoms with Crippen molar-refractivity contribution >= 4 is 22.7 Å². The number of aryl methyl sites for hydroxylation is 2. The summed E-state index contributed by atoms with van der Waals surface area (Å²) in [6, 6.07) is 3.23. The number of ether oxygens (including phenoxy) is 1. The van der Waals surface area contributed by atoms with Crippen molar-refractivity contribution < 1.29 is 18.7 Å². The molecule has 1 saturated heterocycles. The van der Waals surface area contributed by atoms with Gasteiger partial charge in [0.15, 0.2) is 5.78 Å². The summed E-state index contributed by atoms with van der Waals surface area (Å²) in [5, 5.41) is 0.721. The molecule has 3 heterocycles. The van der Waals surface area contributed by atoms with Crippen LogP contribution in [0.15, 0.2) is 21.3 Å². The van der Waals surface area contributed by atoms with E-state index in [4.69, 9.17) is 9.15 Å². The quantitative estimate of drug-likeness (QED) is 0.722. The van der Waals surface area contributed by atoms with Gasteiger partial charge >= 0.3 is 5.63 Å². The van der Waals surface area contributed by atoms with E-state index in [2.05, 4.69) is 0 Å². The number of likely N-dealkylation sites (tertiary alicyclic amines) is 1. The highest BCUT2D eigenvalue weighted by atomic mass is 16.5. The third kappa shape index (κ3) is 2.83. The van der Waals surface area contributed by atoms with Crippen molar-refractivity contribution in [1.82, 2.24) is 4.90 Å². The van der Waals surface area contributed by atoms with Gasteiger partial charge in [-0.25, -0.2) is 4.79 Å². The van der Waals surface area contributed by atoms with Gasteiger partial charge in [-0.05, 0) is 30.5 Å². The van der Waals surface area contributed by atoms with Gasteiger partial charge < -0.3 is 14.1 Å². The highest BCUT2D eigenvalue weighted by Gasteiger charge is 2.44. The maximum atomic E-state index is 13.1. The average molecular weight is 369 g/mol. The Balaban J connectivity index is 1.86. The van der Waals surface area contributed by atoms with Crippen molar-refractivity contribution in [2.24, 2.45) is 0 Å². The summed E-state index contributed by atoms with van der Waals surface area (Å²) in [5.74, 6) is 0.641. The molecule has 0 saturated carbocycles. The fourth-order valence-electron chi connectivity index (χ4n) is 4.36. The maximum Gasteiger partial charge on any atom is 0.336 e. The van der Waals surface area contributed by atoms with Crippen LogP contribution in [0, 0.1) is 6.92 Å². The van der Waals surface area contributed by atoms with Crippen LogP contribution in [0.5, 0.6) is 5.75 Å². The van der Waals surface area contributed by atoms with E-state index in [-0.39, 0.29) is 11.7 Å². The van der Waals surface area contributed by atoms with Crippen LogP contribution in [0.4, 0.5) is 0 Å². The zero-order valence-corrected chi connectivity index (χ0v) is 15.9. The minimum absolute atomic E-state index is 0.0451. The lowest BCUT2D eigenvalue weighted by Crippen LogP contribution is -2.52. The molecule has 0 atom stereocenters. The second kappa shape index (κ2) is 6.22. The first-order valence-electron chi connectivity index (χ1n) is 9.41. The number of hydrogen-bond acceptors (Lipinski definition) is 5. The highest BCUT2D eigenvalue weighted by molar-refractivity contribution is 6.07. The van der Waals surface area contributed by atoms with Crippen molar-refractivity contribution in [2.75, 3.05) is 13.1 Å². The Morgan fingerprint density at radius 1 is 1.22 bits per heavy atom. The number of hydrogen-bond donors (Lipinski definition) is 0. The van der Waals surface area contributed by atoms with E-state index < -0.39 is 11.2 Å². The van der Waals surface area contributed by atoms with Crippen LogP contribution in [0.3, 0.4) is 0 Å². The van der Waals surface area contributed by atoms with Crippen molar-refractivity contribution in [1.29, 1.82) is 0 Å². The van der Waals surface area contributed by atoms with E-state index in [1.54, 1.807) is 17.9 Å². The van der Waals surface area contributed by atoms with Crippen LogP contribution >= 0.6 is 0 Å². The van der Waals surface area contributed by atoms with E-state index in [1.807, 2.05) is 13.8 Å². The van der Waals surface area contributed by atoms with Gasteiger partial charge in [-0.1, -0.05) is 6.92 Å². The lowest BCUT2D eigenvalue weighted by Gasteiger charge is -2.44. The molecule has 1 fully saturated rings. The maximum absolute atomic E-state index is 13.1. The molecule has 1 aromatic heterocycles. The highest BCUT2D eigenvalue weighted by Crippen LogP contribution is 2.45. The zero-order chi connectivity index (χ0) is 19.3. The van der Waals surface area contributed by atoms with E-state index in [1.165, 1.54) is 6.07 Å². The molecule has 2 aliphatic rings. The lowest BCUT2D eigenvalue weighted by molar-refractivity contribution is -0.132. The zero-order valence-electron chi connectivity index (χ0n) is 15.9. The van der Waals surface area contributed by atoms with E-state index in [9.17, 15) is 14.4 Å². The first-order valence-corrected chi connectivity index (χ1v) is 9.41. The molecule has 2 aliphatic heterocycles. The summed E-state index contributed by atoms with van der Waals surface area (Å²) in [5.41, 5.74) is 1.63. The van der Waals surface area contributed by atoms with Crippen molar-refractivity contribution in [3.63, 3.8) is 0 Å². The molecule has 142 valence electrons. The standard InChI is InChI=1S/C21H23NO5/c1-4-14-10-17(25)26-16-9-12(2)18-15(24)11-21(27-20(18)19(14)16)5-7-22(8-6-21)13(3)23/h9-10H,4-8,11H2,1-3H3. The molecule has 0 N–H and O–H groups in total. The first kappa shape index (κ1) is 17.8. The predicted molar refractivity (Wildman–Crippen MR) is 100 cm³/mol. The molecule has 1 aromatic carbocycles. The Morgan fingerprint density at radius 3 is 2.56 bits per heavy atom. The Hall–Kier alpha value is -2.63. The number of carbonyl (C=O) groups is 2. The summed E-state index contributed by atoms with van der Waals surface area (Å²) in [6.45, 7) is 6.53. The molecule has 27 heavy (non-hydrogen) atoms. The third-order valence-corrected chi connectivity index (χ3v) is 5.85. The number of nitrogens with zero attached hydrogens (tertiary/aromatic N) is 1. The molecular formula is C21H23NO5. The van der Waals surface area contributed by atoms with Gasteiger partial charge in [-0.15, -0.1) is 0 Å². The molecule has 0 aliphatic carbocycles. The SMILES string of the molecule is CCc1cc(=O)oc2cc(C)c3c(c12)OC1(CCN(C(C)=O)CC1)CC3=O. The summed E-state index contributed by atoms with van der Waals surface area (Å²) in [7, 11) is 0. The second-order valence-electron chi connectivity index (χ2n) is 7.61. The fourth-order valence-corrected chi connectivity index (χ4v) is 4.36. The van der Waals surface area contributed by atoms with E-state index in [0.717, 1.165) is 16.5 Å². The van der Waals surface area contributed by atoms with E-state index >= 15 is 0 Å². The number of benzene rings is 1. The van der Waals surface area contributed by atoms with Crippen LogP contribution in [0.1, 0.15) is 54.6 Å². The summed E-state index contributed by atoms with van der Waals surface area (Å²) in [4.78, 5) is 38.4. The van der Waals surface area contributed by atoms with Gasteiger partial charge in [0.05, 0.1) is 17.4 Å². The Morgan fingerprint density at radius 2 is 1.93 bits per heavy atom. The molecule has 0 bridgehead atoms.